The lowest BCUT2D eigenvalue weighted by Crippen LogP contribution is -2.39. The number of aliphatic hydroxyl groups is 2. The van der Waals surface area contributed by atoms with E-state index in [0.717, 1.165) is 0 Å². The second kappa shape index (κ2) is 7.58. The number of nitrogens with one attached hydrogen (secondary N) is 1. The van der Waals surface area contributed by atoms with Crippen molar-refractivity contribution in [2.45, 2.75) is 38.6 Å². The zero-order valence-corrected chi connectivity index (χ0v) is 13.4. The van der Waals surface area contributed by atoms with Crippen molar-refractivity contribution in [3.05, 3.63) is 34.3 Å². The Kier molecular flexibility index (Phi) is 6.34. The Labute approximate surface area is 134 Å². The molecule has 0 aliphatic carbocycles. The highest BCUT2D eigenvalue weighted by Crippen LogP contribution is 2.25. The summed E-state index contributed by atoms with van der Waals surface area (Å²) in [5, 5.41) is 22.6. The summed E-state index contributed by atoms with van der Waals surface area (Å²) in [4.78, 5) is 22.5. The summed E-state index contributed by atoms with van der Waals surface area (Å²) < 4.78 is 5.02. The van der Waals surface area contributed by atoms with Crippen LogP contribution in [-0.2, 0) is 4.74 Å². The number of ether oxygens (including phenoxy) is 1. The highest BCUT2D eigenvalue weighted by Gasteiger charge is 2.24. The fraction of sp³-hybridized carbons (Fsp3) is 0.467. The van der Waals surface area contributed by atoms with Crippen LogP contribution in [0, 0.1) is 0 Å². The average molecular weight is 330 g/mol. The predicted octanol–water partition coefficient (Wildman–Crippen LogP) is 2.07. The molecule has 3 N–H and O–H groups in total. The first-order valence-corrected chi connectivity index (χ1v) is 7.10. The molecule has 22 heavy (non-hydrogen) atoms. The number of carbonyl (C=O) groups excluding carboxylic acids is 2. The molecule has 1 aromatic carbocycles. The maximum atomic E-state index is 11.5. The molecule has 0 aliphatic heterocycles. The van der Waals surface area contributed by atoms with E-state index in [9.17, 15) is 19.8 Å². The van der Waals surface area contributed by atoms with E-state index in [0.29, 0.717) is 6.29 Å². The number of hydrogen-bond donors (Lipinski definition) is 3. The molecule has 0 saturated heterocycles. The minimum Gasteiger partial charge on any atom is -0.444 e. The van der Waals surface area contributed by atoms with Crippen LogP contribution in [0.3, 0.4) is 0 Å². The summed E-state index contributed by atoms with van der Waals surface area (Å²) in [6, 6.07) is 4.55. The van der Waals surface area contributed by atoms with Crippen LogP contribution < -0.4 is 5.32 Å². The summed E-state index contributed by atoms with van der Waals surface area (Å²) in [6.07, 6.45) is -2.88. The number of carbonyl (C=O) groups is 2. The zero-order chi connectivity index (χ0) is 16.9. The average Bonchev–Trinajstić information content (AvgIpc) is 2.41. The lowest BCUT2D eigenvalue weighted by Gasteiger charge is -2.23. The maximum Gasteiger partial charge on any atom is 0.407 e. The van der Waals surface area contributed by atoms with Crippen LogP contribution in [0.25, 0.3) is 0 Å². The number of rotatable bonds is 5. The molecule has 6 nitrogen and oxygen atoms in total. The standard InChI is InChI=1S/C15H20ClNO5/c1-15(2,3)22-14(21)17-7-12(19)13(20)9-5-4-6-11(16)10(9)8-18/h4-6,8,12-13,19-20H,7H2,1-3H3,(H,17,21). The number of amides is 1. The van der Waals surface area contributed by atoms with Crippen molar-refractivity contribution in [2.75, 3.05) is 6.54 Å². The van der Waals surface area contributed by atoms with Gasteiger partial charge >= 0.3 is 6.09 Å². The smallest absolute Gasteiger partial charge is 0.407 e. The first kappa shape index (κ1) is 18.4. The van der Waals surface area contributed by atoms with Gasteiger partial charge < -0.3 is 20.3 Å². The molecule has 0 saturated carbocycles. The van der Waals surface area contributed by atoms with Gasteiger partial charge in [-0.1, -0.05) is 23.7 Å². The summed E-state index contributed by atoms with van der Waals surface area (Å²) >= 11 is 5.86. The van der Waals surface area contributed by atoms with Gasteiger partial charge in [-0.15, -0.1) is 0 Å². The SMILES string of the molecule is CC(C)(C)OC(=O)NCC(O)C(O)c1cccc(Cl)c1C=O. The van der Waals surface area contributed by atoms with Gasteiger partial charge in [0.15, 0.2) is 6.29 Å². The van der Waals surface area contributed by atoms with Crippen molar-refractivity contribution in [1.82, 2.24) is 5.32 Å². The molecule has 1 rings (SSSR count). The van der Waals surface area contributed by atoms with Crippen LogP contribution in [0.5, 0.6) is 0 Å². The first-order valence-electron chi connectivity index (χ1n) is 6.72. The molecule has 2 unspecified atom stereocenters. The molecule has 0 fully saturated rings. The number of alkyl carbamates (subject to hydrolysis) is 1. The van der Waals surface area contributed by atoms with Crippen molar-refractivity contribution in [3.63, 3.8) is 0 Å². The number of hydrogen-bond acceptors (Lipinski definition) is 5. The van der Waals surface area contributed by atoms with Gasteiger partial charge in [-0.25, -0.2) is 4.79 Å². The molecule has 122 valence electrons. The molecule has 0 radical (unpaired) electrons. The second-order valence-electron chi connectivity index (χ2n) is 5.76. The van der Waals surface area contributed by atoms with Crippen LogP contribution in [0.15, 0.2) is 18.2 Å². The fourth-order valence-corrected chi connectivity index (χ4v) is 1.98. The van der Waals surface area contributed by atoms with Crippen molar-refractivity contribution < 1.29 is 24.5 Å². The Balaban J connectivity index is 2.70. The number of aldehydes is 1. The van der Waals surface area contributed by atoms with Crippen LogP contribution in [0.2, 0.25) is 5.02 Å². The van der Waals surface area contributed by atoms with E-state index in [1.807, 2.05) is 0 Å². The molecule has 0 aromatic heterocycles. The van der Waals surface area contributed by atoms with E-state index < -0.39 is 23.9 Å². The highest BCUT2D eigenvalue weighted by atomic mass is 35.5. The summed E-state index contributed by atoms with van der Waals surface area (Å²) in [5.41, 5.74) is -0.361. The van der Waals surface area contributed by atoms with E-state index in [4.69, 9.17) is 16.3 Å². The van der Waals surface area contributed by atoms with E-state index in [-0.39, 0.29) is 22.7 Å². The monoisotopic (exact) mass is 329 g/mol. The van der Waals surface area contributed by atoms with E-state index in [1.165, 1.54) is 12.1 Å². The molecule has 1 aromatic rings. The highest BCUT2D eigenvalue weighted by molar-refractivity contribution is 6.33. The summed E-state index contributed by atoms with van der Waals surface area (Å²) in [7, 11) is 0. The lowest BCUT2D eigenvalue weighted by molar-refractivity contribution is 0.0126. The van der Waals surface area contributed by atoms with Crippen molar-refractivity contribution >= 4 is 24.0 Å². The van der Waals surface area contributed by atoms with Gasteiger partial charge in [0.2, 0.25) is 0 Å². The quantitative estimate of drug-likeness (QED) is 0.719. The van der Waals surface area contributed by atoms with Gasteiger partial charge in [0.1, 0.15) is 17.8 Å². The third-order valence-corrected chi connectivity index (χ3v) is 3.07. The number of halogens is 1. The Morgan fingerprint density at radius 1 is 1.41 bits per heavy atom. The van der Waals surface area contributed by atoms with Crippen molar-refractivity contribution in [3.8, 4) is 0 Å². The minimum atomic E-state index is -1.37. The minimum absolute atomic E-state index is 0.105. The Morgan fingerprint density at radius 3 is 2.59 bits per heavy atom. The molecule has 2 atom stereocenters. The zero-order valence-electron chi connectivity index (χ0n) is 12.7. The summed E-state index contributed by atoms with van der Waals surface area (Å²) in [5.74, 6) is 0. The summed E-state index contributed by atoms with van der Waals surface area (Å²) in [6.45, 7) is 4.89. The molecule has 0 aliphatic rings. The van der Waals surface area contributed by atoms with E-state index >= 15 is 0 Å². The molecule has 0 heterocycles. The molecular formula is C15H20ClNO5. The Hall–Kier alpha value is -1.63. The van der Waals surface area contributed by atoms with E-state index in [2.05, 4.69) is 5.32 Å². The molecule has 0 bridgehead atoms. The normalized spacial score (nSPS) is 14.1. The second-order valence-corrected chi connectivity index (χ2v) is 6.16. The number of benzene rings is 1. The molecule has 1 amide bonds. The van der Waals surface area contributed by atoms with Crippen molar-refractivity contribution in [2.24, 2.45) is 0 Å². The van der Waals surface area contributed by atoms with Crippen LogP contribution in [0.4, 0.5) is 4.79 Å². The van der Waals surface area contributed by atoms with Gasteiger partial charge in [-0.3, -0.25) is 4.79 Å². The van der Waals surface area contributed by atoms with Gasteiger partial charge in [0.05, 0.1) is 5.02 Å². The van der Waals surface area contributed by atoms with Gasteiger partial charge in [0, 0.05) is 12.1 Å². The van der Waals surface area contributed by atoms with E-state index in [1.54, 1.807) is 26.8 Å². The first-order chi connectivity index (χ1) is 10.2. The maximum absolute atomic E-state index is 11.5. The molecule has 0 spiro atoms. The predicted molar refractivity (Wildman–Crippen MR) is 82.0 cm³/mol. The van der Waals surface area contributed by atoms with Crippen LogP contribution in [0.1, 0.15) is 42.8 Å². The van der Waals surface area contributed by atoms with Crippen molar-refractivity contribution in [1.29, 1.82) is 0 Å². The fourth-order valence-electron chi connectivity index (χ4n) is 1.76. The Bertz CT molecular complexity index is 541. The molecular weight excluding hydrogens is 310 g/mol. The van der Waals surface area contributed by atoms with Gasteiger partial charge in [0.25, 0.3) is 0 Å². The van der Waals surface area contributed by atoms with Crippen LogP contribution >= 0.6 is 11.6 Å². The molecule has 7 heteroatoms. The lowest BCUT2D eigenvalue weighted by atomic mass is 9.99. The number of aliphatic hydroxyl groups excluding tert-OH is 2. The topological polar surface area (TPSA) is 95.9 Å². The third kappa shape index (κ3) is 5.29. The van der Waals surface area contributed by atoms with Gasteiger partial charge in [-0.2, -0.15) is 0 Å². The Morgan fingerprint density at radius 2 is 2.05 bits per heavy atom. The largest absolute Gasteiger partial charge is 0.444 e. The third-order valence-electron chi connectivity index (χ3n) is 2.74. The van der Waals surface area contributed by atoms with Crippen LogP contribution in [-0.4, -0.2) is 40.8 Å². The van der Waals surface area contributed by atoms with Gasteiger partial charge in [-0.05, 0) is 32.4 Å².